The Labute approximate surface area is 346 Å². The lowest BCUT2D eigenvalue weighted by atomic mass is 9.71. The number of hydrogen-bond acceptors (Lipinski definition) is 6. The monoisotopic (exact) mass is 798 g/mol. The molecule has 2 heterocycles. The zero-order valence-corrected chi connectivity index (χ0v) is 36.0. The molecule has 0 amide bonds. The summed E-state index contributed by atoms with van der Waals surface area (Å²) >= 11 is 13.1. The maximum atomic E-state index is 11.4. The molecule has 0 radical (unpaired) electrons. The van der Waals surface area contributed by atoms with Gasteiger partial charge in [-0.25, -0.2) is 0 Å². The second kappa shape index (κ2) is 17.3. The molecular formula is C48H64Cl2N4O2. The van der Waals surface area contributed by atoms with E-state index in [4.69, 9.17) is 23.2 Å². The van der Waals surface area contributed by atoms with Crippen molar-refractivity contribution >= 4 is 35.0 Å². The number of fused-ring (bicyclic) bond motifs is 2. The molecule has 8 heteroatoms. The van der Waals surface area contributed by atoms with E-state index in [9.17, 15) is 10.2 Å². The molecule has 3 aromatic carbocycles. The Balaban J connectivity index is 0.000000414. The van der Waals surface area contributed by atoms with Crippen LogP contribution >= 0.6 is 23.2 Å². The molecule has 6 atom stereocenters. The third-order valence-corrected chi connectivity index (χ3v) is 13.5. The predicted octanol–water partition coefficient (Wildman–Crippen LogP) is 9.00. The molecule has 56 heavy (non-hydrogen) atoms. The van der Waals surface area contributed by atoms with Crippen molar-refractivity contribution in [3.8, 4) is 0 Å². The summed E-state index contributed by atoms with van der Waals surface area (Å²) in [6.45, 7) is 24.4. The summed E-state index contributed by atoms with van der Waals surface area (Å²) in [5, 5.41) is 21.6. The number of halogens is 2. The summed E-state index contributed by atoms with van der Waals surface area (Å²) < 4.78 is 0. The van der Waals surface area contributed by atoms with E-state index in [0.29, 0.717) is 12.0 Å². The van der Waals surface area contributed by atoms with Crippen molar-refractivity contribution in [1.82, 2.24) is 14.7 Å². The quantitative estimate of drug-likeness (QED) is 0.192. The maximum absolute atomic E-state index is 11.4. The normalized spacial score (nSPS) is 27.4. The van der Waals surface area contributed by atoms with Crippen LogP contribution in [-0.2, 0) is 11.8 Å². The second-order valence-corrected chi connectivity index (χ2v) is 19.9. The standard InChI is InChI=1S/C39H56Cl2N4O.C9H8O/c1-38(2,3)30-8-7-27-21-29(37(46)34(27)23-30)26-43-15-19-45(20-16-43)36-28(22-32(41)24-35(36)39(4,5)6)25-42-13-17-44(18-14-42)33-11-9-31(40)10-12-33;10-9-6-5-7-3-1-2-4-8(7)9/h7-12,23-24,28-29,32,36-37,46H,13-22,25-26H2,1-6H3;1-6,9-10H. The molecule has 8 rings (SSSR count). The number of rotatable bonds is 6. The highest BCUT2D eigenvalue weighted by Gasteiger charge is 2.42. The van der Waals surface area contributed by atoms with Crippen LogP contribution < -0.4 is 4.90 Å². The highest BCUT2D eigenvalue weighted by molar-refractivity contribution is 6.30. The van der Waals surface area contributed by atoms with Crippen molar-refractivity contribution in [3.05, 3.63) is 117 Å². The van der Waals surface area contributed by atoms with Crippen LogP contribution in [0.2, 0.25) is 5.02 Å². The van der Waals surface area contributed by atoms with Gasteiger partial charge in [-0.1, -0.05) is 114 Å². The molecule has 2 fully saturated rings. The molecule has 0 spiro atoms. The number of nitrogens with zero attached hydrogens (tertiary/aromatic N) is 4. The number of allylic oxidation sites excluding steroid dienone is 1. The van der Waals surface area contributed by atoms with Crippen LogP contribution in [0.25, 0.3) is 6.08 Å². The van der Waals surface area contributed by atoms with Gasteiger partial charge < -0.3 is 20.0 Å². The lowest BCUT2D eigenvalue weighted by Gasteiger charge is -2.50. The number of alkyl halides is 1. The number of piperazine rings is 2. The molecule has 3 aliphatic carbocycles. The number of hydrogen-bond donors (Lipinski definition) is 2. The average Bonchev–Trinajstić information content (AvgIpc) is 3.70. The van der Waals surface area contributed by atoms with Gasteiger partial charge in [-0.15, -0.1) is 11.6 Å². The van der Waals surface area contributed by atoms with Crippen LogP contribution in [0.15, 0.2) is 84.5 Å². The van der Waals surface area contributed by atoms with E-state index in [0.717, 1.165) is 100 Å². The average molecular weight is 800 g/mol. The zero-order chi connectivity index (χ0) is 39.8. The summed E-state index contributed by atoms with van der Waals surface area (Å²) in [6.07, 6.45) is 7.40. The Morgan fingerprint density at radius 2 is 1.36 bits per heavy atom. The number of anilines is 1. The molecule has 5 aliphatic rings. The van der Waals surface area contributed by atoms with Gasteiger partial charge in [0.25, 0.3) is 0 Å². The summed E-state index contributed by atoms with van der Waals surface area (Å²) in [5.41, 5.74) is 8.91. The first kappa shape index (κ1) is 41.5. The topological polar surface area (TPSA) is 53.4 Å². The van der Waals surface area contributed by atoms with Crippen LogP contribution in [0, 0.1) is 17.3 Å². The van der Waals surface area contributed by atoms with E-state index in [1.807, 2.05) is 42.5 Å². The van der Waals surface area contributed by atoms with Crippen molar-refractivity contribution in [2.45, 2.75) is 83.4 Å². The molecule has 2 N–H and O–H groups in total. The van der Waals surface area contributed by atoms with Gasteiger partial charge in [0.1, 0.15) is 0 Å². The molecule has 302 valence electrons. The van der Waals surface area contributed by atoms with E-state index < -0.39 is 0 Å². The highest BCUT2D eigenvalue weighted by atomic mass is 35.5. The van der Waals surface area contributed by atoms with E-state index in [1.54, 1.807) is 6.08 Å². The Kier molecular flexibility index (Phi) is 12.8. The van der Waals surface area contributed by atoms with E-state index in [-0.39, 0.29) is 34.3 Å². The Morgan fingerprint density at radius 3 is 2.00 bits per heavy atom. The summed E-state index contributed by atoms with van der Waals surface area (Å²) in [7, 11) is 0. The molecule has 0 aromatic heterocycles. The molecule has 0 bridgehead atoms. The molecule has 0 saturated carbocycles. The third kappa shape index (κ3) is 9.60. The van der Waals surface area contributed by atoms with E-state index in [1.165, 1.54) is 22.4 Å². The van der Waals surface area contributed by atoms with Crippen LogP contribution in [-0.4, -0.2) is 102 Å². The lowest BCUT2D eigenvalue weighted by molar-refractivity contribution is 0.0361. The van der Waals surface area contributed by atoms with Crippen LogP contribution in [0.4, 0.5) is 5.69 Å². The first-order chi connectivity index (χ1) is 26.6. The van der Waals surface area contributed by atoms with Gasteiger partial charge in [-0.05, 0) is 87.2 Å². The summed E-state index contributed by atoms with van der Waals surface area (Å²) in [4.78, 5) is 10.6. The van der Waals surface area contributed by atoms with Gasteiger partial charge in [0.15, 0.2) is 0 Å². The lowest BCUT2D eigenvalue weighted by Crippen LogP contribution is -2.58. The van der Waals surface area contributed by atoms with Gasteiger partial charge in [-0.2, -0.15) is 0 Å². The number of aliphatic hydroxyl groups excluding tert-OH is 2. The van der Waals surface area contributed by atoms with Crippen molar-refractivity contribution in [3.63, 3.8) is 0 Å². The molecular weight excluding hydrogens is 735 g/mol. The fourth-order valence-corrected chi connectivity index (χ4v) is 10.2. The van der Waals surface area contributed by atoms with E-state index in [2.05, 4.69) is 97.5 Å². The van der Waals surface area contributed by atoms with Gasteiger partial charge >= 0.3 is 0 Å². The first-order valence-electron chi connectivity index (χ1n) is 21.0. The Bertz CT molecular complexity index is 1850. The van der Waals surface area contributed by atoms with Gasteiger partial charge in [0, 0.05) is 88.1 Å². The smallest absolute Gasteiger partial charge is 0.0980 e. The van der Waals surface area contributed by atoms with Crippen LogP contribution in [0.1, 0.15) is 88.0 Å². The first-order valence-corrected chi connectivity index (χ1v) is 21.8. The molecule has 6 unspecified atom stereocenters. The zero-order valence-electron chi connectivity index (χ0n) is 34.5. The summed E-state index contributed by atoms with van der Waals surface area (Å²) in [5.74, 6) is 0.784. The molecule has 2 aliphatic heterocycles. The van der Waals surface area contributed by atoms with Crippen molar-refractivity contribution in [1.29, 1.82) is 0 Å². The molecule has 6 nitrogen and oxygen atoms in total. The van der Waals surface area contributed by atoms with Gasteiger partial charge in [0.05, 0.1) is 17.6 Å². The van der Waals surface area contributed by atoms with Crippen molar-refractivity contribution < 1.29 is 10.2 Å². The number of benzene rings is 3. The largest absolute Gasteiger partial charge is 0.388 e. The Morgan fingerprint density at radius 1 is 0.714 bits per heavy atom. The van der Waals surface area contributed by atoms with Crippen LogP contribution in [0.5, 0.6) is 0 Å². The number of aliphatic hydroxyl groups is 2. The Hall–Kier alpha value is -2.68. The predicted molar refractivity (Wildman–Crippen MR) is 235 cm³/mol. The highest BCUT2D eigenvalue weighted by Crippen LogP contribution is 2.42. The molecule has 3 aromatic rings. The van der Waals surface area contributed by atoms with Gasteiger partial charge in [-0.3, -0.25) is 9.80 Å². The van der Waals surface area contributed by atoms with Crippen molar-refractivity contribution in [2.24, 2.45) is 17.3 Å². The van der Waals surface area contributed by atoms with Gasteiger partial charge in [0.2, 0.25) is 0 Å². The minimum atomic E-state index is -0.379. The maximum Gasteiger partial charge on any atom is 0.0980 e. The third-order valence-electron chi connectivity index (χ3n) is 12.9. The minimum absolute atomic E-state index is 0.0759. The fourth-order valence-electron chi connectivity index (χ4n) is 9.69. The summed E-state index contributed by atoms with van der Waals surface area (Å²) in [6, 6.07) is 23.3. The fraction of sp³-hybridized carbons (Fsp3) is 0.542. The van der Waals surface area contributed by atoms with Crippen LogP contribution in [0.3, 0.4) is 0 Å². The SMILES string of the molecule is CC(C)(C)C1=CC(Cl)CC(CN2CCN(c3ccc(Cl)cc3)CC2)C1N1CCN(CC2Cc3ccc(C(C)(C)C)cc3C2O)CC1.OC1C=Cc2ccccc21. The van der Waals surface area contributed by atoms with E-state index >= 15 is 0 Å². The molecule has 2 saturated heterocycles. The minimum Gasteiger partial charge on any atom is -0.388 e. The second-order valence-electron chi connectivity index (χ2n) is 18.9. The van der Waals surface area contributed by atoms with Crippen molar-refractivity contribution in [2.75, 3.05) is 70.3 Å².